The van der Waals surface area contributed by atoms with E-state index in [4.69, 9.17) is 35.6 Å². The van der Waals surface area contributed by atoms with Crippen LogP contribution < -0.4 is 19.7 Å². The van der Waals surface area contributed by atoms with Gasteiger partial charge in [0.05, 0.1) is 29.1 Å². The van der Waals surface area contributed by atoms with Crippen LogP contribution in [0, 0.1) is 20.8 Å². The SMILES string of the molecule is CNC[C@@H](O)COc1ccc(Cl)c(-c2nc(-c3c(C)noc3C)c(C)c(N3Cc4cnc(OC)cc4C3)n2)c1. The second kappa shape index (κ2) is 11.2. The molecule has 3 aromatic heterocycles. The van der Waals surface area contributed by atoms with Gasteiger partial charge in [-0.3, -0.25) is 0 Å². The lowest BCUT2D eigenvalue weighted by atomic mass is 10.0. The highest BCUT2D eigenvalue weighted by Gasteiger charge is 2.27. The average Bonchev–Trinajstić information content (AvgIpc) is 3.50. The first kappa shape index (κ1) is 26.9. The maximum Gasteiger partial charge on any atom is 0.213 e. The molecule has 0 spiro atoms. The molecule has 10 nitrogen and oxygen atoms in total. The number of rotatable bonds is 9. The number of aryl methyl sites for hydroxylation is 2. The van der Waals surface area contributed by atoms with Crippen molar-refractivity contribution in [2.75, 3.05) is 32.2 Å². The number of fused-ring (bicyclic) bond motifs is 1. The quantitative estimate of drug-likeness (QED) is 0.313. The van der Waals surface area contributed by atoms with Crippen LogP contribution in [0.5, 0.6) is 11.6 Å². The Bertz CT molecular complexity index is 1490. The fourth-order valence-electron chi connectivity index (χ4n) is 4.77. The molecule has 0 saturated heterocycles. The second-order valence-electron chi connectivity index (χ2n) is 9.56. The highest BCUT2D eigenvalue weighted by atomic mass is 35.5. The Kier molecular flexibility index (Phi) is 7.69. The standard InChI is InChI=1S/C28H31ClN6O4/c1-15-26(25-16(2)34-39-17(25)3)32-27(22-9-21(6-7-23(22)29)38-14-20(36)11-30-4)33-28(15)35-12-18-8-24(37-5)31-10-19(18)13-35/h6-10,20,30,36H,11-14H2,1-5H3/t20-/m1/s1. The van der Waals surface area contributed by atoms with Crippen LogP contribution in [0.2, 0.25) is 5.02 Å². The van der Waals surface area contributed by atoms with E-state index in [0.717, 1.165) is 39.5 Å². The zero-order chi connectivity index (χ0) is 27.7. The monoisotopic (exact) mass is 550 g/mol. The topological polar surface area (TPSA) is 119 Å². The molecule has 204 valence electrons. The third kappa shape index (κ3) is 5.40. The van der Waals surface area contributed by atoms with Gasteiger partial charge in [0, 0.05) is 43.0 Å². The van der Waals surface area contributed by atoms with Crippen molar-refractivity contribution in [1.29, 1.82) is 0 Å². The van der Waals surface area contributed by atoms with Gasteiger partial charge in [0.25, 0.3) is 0 Å². The predicted octanol–water partition coefficient (Wildman–Crippen LogP) is 4.26. The number of aromatic nitrogens is 4. The first-order valence-corrected chi connectivity index (χ1v) is 13.0. The predicted molar refractivity (Wildman–Crippen MR) is 148 cm³/mol. The normalized spacial score (nSPS) is 13.5. The molecule has 39 heavy (non-hydrogen) atoms. The minimum atomic E-state index is -0.646. The lowest BCUT2D eigenvalue weighted by molar-refractivity contribution is 0.108. The van der Waals surface area contributed by atoms with Crippen LogP contribution >= 0.6 is 11.6 Å². The first-order chi connectivity index (χ1) is 18.8. The van der Waals surface area contributed by atoms with Gasteiger partial charge < -0.3 is 29.3 Å². The molecule has 2 N–H and O–H groups in total. The first-order valence-electron chi connectivity index (χ1n) is 12.6. The number of hydrogen-bond donors (Lipinski definition) is 2. The number of nitrogens with zero attached hydrogens (tertiary/aromatic N) is 5. The zero-order valence-corrected chi connectivity index (χ0v) is 23.3. The van der Waals surface area contributed by atoms with Crippen molar-refractivity contribution >= 4 is 17.4 Å². The van der Waals surface area contributed by atoms with Gasteiger partial charge in [-0.25, -0.2) is 15.0 Å². The van der Waals surface area contributed by atoms with Crippen LogP contribution in [0.3, 0.4) is 0 Å². The smallest absolute Gasteiger partial charge is 0.213 e. The summed E-state index contributed by atoms with van der Waals surface area (Å²) < 4.78 is 16.7. The number of benzene rings is 1. The van der Waals surface area contributed by atoms with Crippen LogP contribution in [-0.4, -0.2) is 58.6 Å². The second-order valence-corrected chi connectivity index (χ2v) is 9.97. The summed E-state index contributed by atoms with van der Waals surface area (Å²) in [4.78, 5) is 16.6. The number of likely N-dealkylation sites (N-methyl/N-ethyl adjacent to an activating group) is 1. The summed E-state index contributed by atoms with van der Waals surface area (Å²) in [6.07, 6.45) is 1.20. The van der Waals surface area contributed by atoms with Crippen LogP contribution in [0.25, 0.3) is 22.6 Å². The van der Waals surface area contributed by atoms with E-state index in [0.29, 0.717) is 53.4 Å². The van der Waals surface area contributed by atoms with Gasteiger partial charge in [-0.05, 0) is 57.1 Å². The number of pyridine rings is 1. The molecule has 1 atom stereocenters. The summed E-state index contributed by atoms with van der Waals surface area (Å²) in [6, 6.07) is 7.27. The van der Waals surface area contributed by atoms with Crippen LogP contribution in [0.1, 0.15) is 28.1 Å². The summed E-state index contributed by atoms with van der Waals surface area (Å²) in [7, 11) is 3.39. The molecule has 11 heteroatoms. The molecule has 0 amide bonds. The molecule has 1 aromatic carbocycles. The molecule has 4 heterocycles. The summed E-state index contributed by atoms with van der Waals surface area (Å²) >= 11 is 6.68. The van der Waals surface area contributed by atoms with Crippen molar-refractivity contribution in [3.8, 4) is 34.3 Å². The number of methoxy groups -OCH3 is 1. The number of ether oxygens (including phenoxy) is 2. The highest BCUT2D eigenvalue weighted by molar-refractivity contribution is 6.33. The van der Waals surface area contributed by atoms with E-state index < -0.39 is 6.10 Å². The number of nitrogens with one attached hydrogen (secondary N) is 1. The zero-order valence-electron chi connectivity index (χ0n) is 22.6. The molecule has 0 aliphatic carbocycles. The Balaban J connectivity index is 1.59. The summed E-state index contributed by atoms with van der Waals surface area (Å²) in [5.74, 6) is 3.03. The van der Waals surface area contributed by atoms with Gasteiger partial charge in [-0.2, -0.15) is 0 Å². The van der Waals surface area contributed by atoms with Gasteiger partial charge in [0.1, 0.15) is 30.0 Å². The van der Waals surface area contributed by atoms with Gasteiger partial charge in [-0.1, -0.05) is 16.8 Å². The average molecular weight is 551 g/mol. The largest absolute Gasteiger partial charge is 0.491 e. The van der Waals surface area contributed by atoms with Crippen molar-refractivity contribution in [3.05, 3.63) is 63.6 Å². The number of aliphatic hydroxyl groups excluding tert-OH is 1. The molecule has 0 saturated carbocycles. The number of halogens is 1. The van der Waals surface area contributed by atoms with E-state index in [1.165, 1.54) is 0 Å². The van der Waals surface area contributed by atoms with Crippen LogP contribution in [0.4, 0.5) is 5.82 Å². The highest BCUT2D eigenvalue weighted by Crippen LogP contribution is 2.39. The fourth-order valence-corrected chi connectivity index (χ4v) is 4.97. The third-order valence-corrected chi connectivity index (χ3v) is 7.07. The van der Waals surface area contributed by atoms with Crippen molar-refractivity contribution in [3.63, 3.8) is 0 Å². The molecule has 0 bridgehead atoms. The molecule has 0 unspecified atom stereocenters. The Labute approximate surface area is 232 Å². The third-order valence-electron chi connectivity index (χ3n) is 6.74. The fraction of sp³-hybridized carbons (Fsp3) is 0.357. The Morgan fingerprint density at radius 3 is 2.67 bits per heavy atom. The number of anilines is 1. The maximum atomic E-state index is 10.1. The Hall–Kier alpha value is -3.73. The van der Waals surface area contributed by atoms with E-state index >= 15 is 0 Å². The molecule has 5 rings (SSSR count). The molecular formula is C28H31ClN6O4. The van der Waals surface area contributed by atoms with Crippen molar-refractivity contribution < 1.29 is 19.1 Å². The van der Waals surface area contributed by atoms with Crippen LogP contribution in [-0.2, 0) is 13.1 Å². The minimum absolute atomic E-state index is 0.135. The molecule has 1 aliphatic rings. The molecule has 0 radical (unpaired) electrons. The number of hydrogen-bond acceptors (Lipinski definition) is 10. The van der Waals surface area contributed by atoms with Gasteiger partial charge >= 0.3 is 0 Å². The molecule has 1 aliphatic heterocycles. The van der Waals surface area contributed by atoms with Crippen molar-refractivity contribution in [2.24, 2.45) is 0 Å². The summed E-state index contributed by atoms with van der Waals surface area (Å²) in [5.41, 5.74) is 6.07. The van der Waals surface area contributed by atoms with E-state index in [2.05, 4.69) is 20.4 Å². The Morgan fingerprint density at radius 1 is 1.15 bits per heavy atom. The lowest BCUT2D eigenvalue weighted by Crippen LogP contribution is -2.29. The maximum absolute atomic E-state index is 10.1. The molecular weight excluding hydrogens is 520 g/mol. The molecule has 4 aromatic rings. The van der Waals surface area contributed by atoms with Gasteiger partial charge in [0.2, 0.25) is 5.88 Å². The van der Waals surface area contributed by atoms with E-state index in [9.17, 15) is 5.11 Å². The Morgan fingerprint density at radius 2 is 1.95 bits per heavy atom. The van der Waals surface area contributed by atoms with Gasteiger partial charge in [-0.15, -0.1) is 0 Å². The minimum Gasteiger partial charge on any atom is -0.491 e. The number of aliphatic hydroxyl groups is 1. The lowest BCUT2D eigenvalue weighted by Gasteiger charge is -2.22. The molecule has 0 fully saturated rings. The van der Waals surface area contributed by atoms with Crippen molar-refractivity contribution in [1.82, 2.24) is 25.4 Å². The summed E-state index contributed by atoms with van der Waals surface area (Å²) in [6.45, 7) is 7.62. The van der Waals surface area contributed by atoms with E-state index in [-0.39, 0.29) is 6.61 Å². The van der Waals surface area contributed by atoms with Crippen LogP contribution in [0.15, 0.2) is 35.0 Å². The van der Waals surface area contributed by atoms with Crippen molar-refractivity contribution in [2.45, 2.75) is 40.0 Å². The van der Waals surface area contributed by atoms with E-state index in [1.807, 2.05) is 33.0 Å². The van der Waals surface area contributed by atoms with Gasteiger partial charge in [0.15, 0.2) is 5.82 Å². The summed E-state index contributed by atoms with van der Waals surface area (Å²) in [5, 5.41) is 17.6. The van der Waals surface area contributed by atoms with E-state index in [1.54, 1.807) is 32.4 Å².